The number of nitrogens with zero attached hydrogens (tertiary/aromatic N) is 1. The Bertz CT molecular complexity index is 1140. The van der Waals surface area contributed by atoms with Crippen LogP contribution in [0, 0.1) is 0 Å². The highest BCUT2D eigenvalue weighted by atomic mass is 32.2. The number of hydrogen-bond acceptors (Lipinski definition) is 8. The van der Waals surface area contributed by atoms with Gasteiger partial charge in [-0.15, -0.1) is 0 Å². The molecule has 0 aliphatic rings. The number of carbonyl (C=O) groups is 3. The Balaban J connectivity index is 2.40. The van der Waals surface area contributed by atoms with Crippen LogP contribution < -0.4 is 15.2 Å². The van der Waals surface area contributed by atoms with E-state index in [1.165, 1.54) is 13.1 Å². The van der Waals surface area contributed by atoms with E-state index in [4.69, 9.17) is 19.7 Å². The third-order valence-corrected chi connectivity index (χ3v) is 5.45. The summed E-state index contributed by atoms with van der Waals surface area (Å²) in [6, 6.07) is 10.8. The van der Waals surface area contributed by atoms with Gasteiger partial charge in [-0.3, -0.25) is 9.59 Å². The number of nitrogens with one attached hydrogen (secondary N) is 1. The number of ether oxygens (including phenoxy) is 2. The zero-order valence-electron chi connectivity index (χ0n) is 18.8. The second-order valence-corrected chi connectivity index (χ2v) is 8.84. The van der Waals surface area contributed by atoms with E-state index in [2.05, 4.69) is 5.32 Å². The van der Waals surface area contributed by atoms with Gasteiger partial charge in [0, 0.05) is 13.6 Å². The van der Waals surface area contributed by atoms with Gasteiger partial charge in [-0.25, -0.2) is 18.4 Å². The van der Waals surface area contributed by atoms with Crippen molar-refractivity contribution in [2.75, 3.05) is 32.1 Å². The first kappa shape index (κ1) is 26.6. The molecule has 2 aromatic carbocycles. The number of unbranched alkanes of at least 4 members (excludes halogenated alkanes) is 1. The third kappa shape index (κ3) is 7.74. The van der Waals surface area contributed by atoms with Crippen molar-refractivity contribution >= 4 is 33.6 Å². The molecule has 0 bridgehead atoms. The number of likely N-dealkylation sites (N-methyl/N-ethyl adjacent to an activating group) is 1. The number of hydrogen-bond donors (Lipinski definition) is 3. The number of carboxylic acid groups (broad SMARTS) is 1. The average molecular weight is 494 g/mol. The first-order valence-corrected chi connectivity index (χ1v) is 11.9. The van der Waals surface area contributed by atoms with E-state index in [-0.39, 0.29) is 17.0 Å². The number of sulfonamides is 1. The maximum absolute atomic E-state index is 12.6. The highest BCUT2D eigenvalue weighted by Gasteiger charge is 2.25. The minimum Gasteiger partial charge on any atom is -0.480 e. The zero-order valence-corrected chi connectivity index (χ0v) is 19.6. The number of rotatable bonds is 12. The summed E-state index contributed by atoms with van der Waals surface area (Å²) in [5, 5.41) is 17.2. The normalized spacial score (nSPS) is 10.9. The Morgan fingerprint density at radius 2 is 1.82 bits per heavy atom. The number of carboxylic acids is 1. The maximum Gasteiger partial charge on any atom is 0.338 e. The molecule has 0 fully saturated rings. The molecule has 2 aromatic rings. The Labute approximate surface area is 197 Å². The predicted molar refractivity (Wildman–Crippen MR) is 123 cm³/mol. The molecule has 0 aliphatic heterocycles. The summed E-state index contributed by atoms with van der Waals surface area (Å²) in [6.07, 6.45) is 1.62. The monoisotopic (exact) mass is 493 g/mol. The molecule has 4 N–H and O–H groups in total. The number of esters is 1. The lowest BCUT2D eigenvalue weighted by atomic mass is 10.1. The smallest absolute Gasteiger partial charge is 0.338 e. The van der Waals surface area contributed by atoms with Gasteiger partial charge in [0.1, 0.15) is 17.2 Å². The van der Waals surface area contributed by atoms with Crippen LogP contribution in [0.5, 0.6) is 11.5 Å². The van der Waals surface area contributed by atoms with Crippen molar-refractivity contribution in [2.24, 2.45) is 5.14 Å². The molecule has 1 amide bonds. The van der Waals surface area contributed by atoms with Gasteiger partial charge in [-0.05, 0) is 30.7 Å². The van der Waals surface area contributed by atoms with E-state index in [9.17, 15) is 22.8 Å². The van der Waals surface area contributed by atoms with Crippen LogP contribution in [0.15, 0.2) is 47.4 Å². The molecule has 0 spiro atoms. The molecule has 0 saturated heterocycles. The van der Waals surface area contributed by atoms with Crippen LogP contribution in [0.1, 0.15) is 30.1 Å². The van der Waals surface area contributed by atoms with Gasteiger partial charge in [0.25, 0.3) is 5.91 Å². The SMILES string of the molecule is CCCCNc1cc(C(=O)OCC(=O)N(C)CC(=O)O)cc(S(N)(=O)=O)c1Oc1ccccc1. The van der Waals surface area contributed by atoms with Crippen LogP contribution in [0.3, 0.4) is 0 Å². The standard InChI is InChI=1S/C22H27N3O8S/c1-3-4-10-24-17-11-15(22(29)32-14-19(26)25(2)13-20(27)28)12-18(34(23,30)31)21(17)33-16-8-6-5-7-9-16/h5-9,11-12,24H,3-4,10,13-14H2,1-2H3,(H,27,28)(H2,23,30,31). The summed E-state index contributed by atoms with van der Waals surface area (Å²) in [5.41, 5.74) is 0.0159. The Hall–Kier alpha value is -3.64. The van der Waals surface area contributed by atoms with E-state index >= 15 is 0 Å². The number of primary sulfonamides is 1. The molecule has 0 saturated carbocycles. The number of nitrogens with two attached hydrogens (primary N) is 1. The van der Waals surface area contributed by atoms with Crippen LogP contribution in [-0.2, 0) is 24.3 Å². The number of anilines is 1. The Kier molecular flexibility index (Phi) is 9.39. The van der Waals surface area contributed by atoms with Crippen molar-refractivity contribution in [1.82, 2.24) is 4.90 Å². The largest absolute Gasteiger partial charge is 0.480 e. The third-order valence-electron chi connectivity index (χ3n) is 4.53. The van der Waals surface area contributed by atoms with Crippen molar-refractivity contribution < 1.29 is 37.4 Å². The van der Waals surface area contributed by atoms with Crippen LogP contribution in [-0.4, -0.2) is 63.0 Å². The molecule has 0 heterocycles. The van der Waals surface area contributed by atoms with E-state index in [1.54, 1.807) is 30.3 Å². The van der Waals surface area contributed by atoms with Crippen molar-refractivity contribution in [3.05, 3.63) is 48.0 Å². The number of benzene rings is 2. The van der Waals surface area contributed by atoms with E-state index < -0.39 is 45.9 Å². The quantitative estimate of drug-likeness (QED) is 0.296. The first-order valence-electron chi connectivity index (χ1n) is 10.3. The van der Waals surface area contributed by atoms with Crippen molar-refractivity contribution in [1.29, 1.82) is 0 Å². The summed E-state index contributed by atoms with van der Waals surface area (Å²) >= 11 is 0. The zero-order chi connectivity index (χ0) is 25.3. The Morgan fingerprint density at radius 3 is 2.41 bits per heavy atom. The molecule has 34 heavy (non-hydrogen) atoms. The first-order chi connectivity index (χ1) is 16.0. The molecule has 2 rings (SSSR count). The van der Waals surface area contributed by atoms with Gasteiger partial charge in [0.2, 0.25) is 10.0 Å². The highest BCUT2D eigenvalue weighted by molar-refractivity contribution is 7.89. The lowest BCUT2D eigenvalue weighted by molar-refractivity contribution is -0.144. The van der Waals surface area contributed by atoms with Crippen LogP contribution >= 0.6 is 0 Å². The minimum absolute atomic E-state index is 0.0846. The molecule has 184 valence electrons. The fraction of sp³-hybridized carbons (Fsp3) is 0.318. The molecule has 0 radical (unpaired) electrons. The van der Waals surface area contributed by atoms with Crippen molar-refractivity contribution in [3.8, 4) is 11.5 Å². The summed E-state index contributed by atoms with van der Waals surface area (Å²) in [7, 11) is -3.09. The van der Waals surface area contributed by atoms with Gasteiger partial charge in [-0.1, -0.05) is 31.5 Å². The van der Waals surface area contributed by atoms with Crippen molar-refractivity contribution in [3.63, 3.8) is 0 Å². The fourth-order valence-corrected chi connectivity index (χ4v) is 3.49. The van der Waals surface area contributed by atoms with Crippen molar-refractivity contribution in [2.45, 2.75) is 24.7 Å². The van der Waals surface area contributed by atoms with Crippen LogP contribution in [0.4, 0.5) is 5.69 Å². The summed E-state index contributed by atoms with van der Waals surface area (Å²) in [4.78, 5) is 35.7. The van der Waals surface area contributed by atoms with E-state index in [1.807, 2.05) is 6.92 Å². The number of para-hydroxylation sites is 1. The van der Waals surface area contributed by atoms with Crippen LogP contribution in [0.2, 0.25) is 0 Å². The lowest BCUT2D eigenvalue weighted by Gasteiger charge is -2.18. The topological polar surface area (TPSA) is 165 Å². The van der Waals surface area contributed by atoms with E-state index in [0.717, 1.165) is 23.8 Å². The Morgan fingerprint density at radius 1 is 1.15 bits per heavy atom. The maximum atomic E-state index is 12.6. The summed E-state index contributed by atoms with van der Waals surface area (Å²) in [5.74, 6) is -2.69. The van der Waals surface area contributed by atoms with Gasteiger partial charge < -0.3 is 24.8 Å². The fourth-order valence-electron chi connectivity index (χ4n) is 2.79. The molecule has 12 heteroatoms. The molecule has 0 aliphatic carbocycles. The summed E-state index contributed by atoms with van der Waals surface area (Å²) < 4.78 is 35.5. The molecular weight excluding hydrogens is 466 g/mol. The second kappa shape index (κ2) is 12.0. The molecule has 0 unspecified atom stereocenters. The highest BCUT2D eigenvalue weighted by Crippen LogP contribution is 2.37. The van der Waals surface area contributed by atoms with Gasteiger partial charge in [-0.2, -0.15) is 0 Å². The lowest BCUT2D eigenvalue weighted by Crippen LogP contribution is -2.35. The van der Waals surface area contributed by atoms with Gasteiger partial charge in [0.05, 0.1) is 11.3 Å². The minimum atomic E-state index is -4.33. The number of carbonyl (C=O) groups excluding carboxylic acids is 2. The average Bonchev–Trinajstić information content (AvgIpc) is 2.77. The molecule has 0 atom stereocenters. The van der Waals surface area contributed by atoms with Crippen LogP contribution in [0.25, 0.3) is 0 Å². The van der Waals surface area contributed by atoms with E-state index in [0.29, 0.717) is 12.3 Å². The van der Waals surface area contributed by atoms with Gasteiger partial charge in [0.15, 0.2) is 12.4 Å². The second-order valence-electron chi connectivity index (χ2n) is 7.31. The van der Waals surface area contributed by atoms with Gasteiger partial charge >= 0.3 is 11.9 Å². The molecule has 11 nitrogen and oxygen atoms in total. The molecule has 0 aromatic heterocycles. The number of aliphatic carboxylic acids is 1. The summed E-state index contributed by atoms with van der Waals surface area (Å²) in [6.45, 7) is 1.14. The predicted octanol–water partition coefficient (Wildman–Crippen LogP) is 2.04. The number of amides is 1. The molecular formula is C22H27N3O8S.